The molecule has 3 atom stereocenters. The van der Waals surface area contributed by atoms with Crippen LogP contribution < -0.4 is 0 Å². The Hall–Kier alpha value is -1.91. The highest BCUT2D eigenvalue weighted by atomic mass is 16.3. The fourth-order valence-corrected chi connectivity index (χ4v) is 4.87. The molecule has 1 aromatic carbocycles. The minimum Gasteiger partial charge on any atom is -0.387 e. The van der Waals surface area contributed by atoms with E-state index < -0.39 is 6.10 Å². The van der Waals surface area contributed by atoms with Crippen molar-refractivity contribution in [2.75, 3.05) is 19.6 Å². The topological polar surface area (TPSA) is 56.3 Å². The number of β-amino-alcohol motifs (C(OH)–C–C–N with tert-alkyl or cyclic N) is 1. The number of piperidine rings is 1. The number of rotatable bonds is 4. The van der Waals surface area contributed by atoms with Crippen LogP contribution in [0.15, 0.2) is 30.3 Å². The van der Waals surface area contributed by atoms with Crippen molar-refractivity contribution in [1.29, 1.82) is 0 Å². The number of nitrogens with one attached hydrogen (secondary N) is 1. The summed E-state index contributed by atoms with van der Waals surface area (Å²) in [5.41, 5.74) is 5.42. The summed E-state index contributed by atoms with van der Waals surface area (Å²) in [6.45, 7) is 6.52. The molecule has 4 heteroatoms. The molecule has 0 radical (unpaired) electrons. The number of ketones is 1. The van der Waals surface area contributed by atoms with Crippen LogP contribution >= 0.6 is 0 Å². The van der Waals surface area contributed by atoms with Gasteiger partial charge < -0.3 is 10.1 Å². The van der Waals surface area contributed by atoms with Crippen LogP contribution in [0.1, 0.15) is 52.3 Å². The Morgan fingerprint density at radius 2 is 2.08 bits per heavy atom. The number of aromatic nitrogens is 1. The van der Waals surface area contributed by atoms with Crippen LogP contribution in [-0.2, 0) is 12.8 Å². The SMILES string of the molecule is CCc1c(C)[nH]c2c1C(=O)C1CN(CC(O)c3ccccc3)CCC1C2. The fraction of sp³-hybridized carbons (Fsp3) is 0.500. The lowest BCUT2D eigenvalue weighted by molar-refractivity contribution is 0.0480. The summed E-state index contributed by atoms with van der Waals surface area (Å²) in [6, 6.07) is 9.80. The van der Waals surface area contributed by atoms with Gasteiger partial charge in [0.1, 0.15) is 0 Å². The fourth-order valence-electron chi connectivity index (χ4n) is 4.87. The number of benzene rings is 1. The zero-order valence-electron chi connectivity index (χ0n) is 15.7. The van der Waals surface area contributed by atoms with E-state index in [1.165, 1.54) is 5.56 Å². The molecule has 0 amide bonds. The Morgan fingerprint density at radius 3 is 2.81 bits per heavy atom. The van der Waals surface area contributed by atoms with Crippen LogP contribution in [0.2, 0.25) is 0 Å². The predicted octanol–water partition coefficient (Wildman–Crippen LogP) is 3.30. The number of aliphatic hydroxyl groups excluding tert-OH is 1. The van der Waals surface area contributed by atoms with E-state index >= 15 is 0 Å². The number of carbonyl (C=O) groups excluding carboxylic acids is 1. The summed E-state index contributed by atoms with van der Waals surface area (Å²) in [7, 11) is 0. The molecule has 2 N–H and O–H groups in total. The maximum atomic E-state index is 13.2. The first kappa shape index (κ1) is 17.5. The number of fused-ring (bicyclic) bond motifs is 2. The molecule has 3 unspecified atom stereocenters. The molecule has 0 saturated carbocycles. The highest BCUT2D eigenvalue weighted by Crippen LogP contribution is 2.38. The molecule has 1 fully saturated rings. The lowest BCUT2D eigenvalue weighted by Gasteiger charge is -2.41. The molecule has 1 saturated heterocycles. The van der Waals surface area contributed by atoms with Gasteiger partial charge in [-0.3, -0.25) is 9.69 Å². The van der Waals surface area contributed by atoms with Gasteiger partial charge in [-0.25, -0.2) is 0 Å². The van der Waals surface area contributed by atoms with E-state index in [0.29, 0.717) is 18.2 Å². The van der Waals surface area contributed by atoms with Crippen LogP contribution in [-0.4, -0.2) is 40.4 Å². The van der Waals surface area contributed by atoms with Gasteiger partial charge in [0.15, 0.2) is 5.78 Å². The number of H-pyrrole nitrogens is 1. The summed E-state index contributed by atoms with van der Waals surface area (Å²) >= 11 is 0. The Kier molecular flexibility index (Phi) is 4.72. The molecule has 4 rings (SSSR count). The van der Waals surface area contributed by atoms with Crippen LogP contribution in [0.4, 0.5) is 0 Å². The Bertz CT molecular complexity index is 796. The average molecular weight is 352 g/mol. The van der Waals surface area contributed by atoms with E-state index in [4.69, 9.17) is 0 Å². The van der Waals surface area contributed by atoms with E-state index in [0.717, 1.165) is 54.9 Å². The first-order valence-electron chi connectivity index (χ1n) is 9.78. The smallest absolute Gasteiger partial charge is 0.169 e. The van der Waals surface area contributed by atoms with Crippen molar-refractivity contribution >= 4 is 5.78 Å². The minimum atomic E-state index is -0.497. The van der Waals surface area contributed by atoms with Crippen molar-refractivity contribution in [2.24, 2.45) is 11.8 Å². The minimum absolute atomic E-state index is 0.0692. The van der Waals surface area contributed by atoms with E-state index in [1.807, 2.05) is 30.3 Å². The van der Waals surface area contributed by atoms with Crippen LogP contribution in [0.25, 0.3) is 0 Å². The zero-order chi connectivity index (χ0) is 18.3. The maximum Gasteiger partial charge on any atom is 0.169 e. The summed E-state index contributed by atoms with van der Waals surface area (Å²) in [5.74, 6) is 0.818. The number of aromatic amines is 1. The third kappa shape index (κ3) is 3.01. The molecular formula is C22H28N2O2. The molecule has 0 spiro atoms. The van der Waals surface area contributed by atoms with Crippen molar-refractivity contribution in [3.63, 3.8) is 0 Å². The molecule has 1 aliphatic carbocycles. The number of hydrogen-bond acceptors (Lipinski definition) is 3. The second kappa shape index (κ2) is 7.01. The summed E-state index contributed by atoms with van der Waals surface area (Å²) < 4.78 is 0. The van der Waals surface area contributed by atoms with Crippen LogP contribution in [0.5, 0.6) is 0 Å². The van der Waals surface area contributed by atoms with Crippen LogP contribution in [0.3, 0.4) is 0 Å². The second-order valence-electron chi connectivity index (χ2n) is 7.85. The summed E-state index contributed by atoms with van der Waals surface area (Å²) in [5, 5.41) is 10.5. The molecule has 0 bridgehead atoms. The van der Waals surface area contributed by atoms with Crippen molar-refractivity contribution in [3.8, 4) is 0 Å². The average Bonchev–Trinajstić information content (AvgIpc) is 2.98. The van der Waals surface area contributed by atoms with Crippen molar-refractivity contribution in [2.45, 2.75) is 39.2 Å². The number of nitrogens with zero attached hydrogens (tertiary/aromatic N) is 1. The van der Waals surface area contributed by atoms with E-state index in [1.54, 1.807) is 0 Å². The standard InChI is InChI=1S/C22H28N2O2/c1-3-17-14(2)23-19-11-16-9-10-24(12-18(16)22(26)21(17)19)13-20(25)15-7-5-4-6-8-15/h4-8,16,18,20,23,25H,3,9-13H2,1-2H3. The Balaban J connectivity index is 1.50. The van der Waals surface area contributed by atoms with E-state index in [2.05, 4.69) is 23.7 Å². The van der Waals surface area contributed by atoms with Gasteiger partial charge in [0.25, 0.3) is 0 Å². The number of hydrogen-bond donors (Lipinski definition) is 2. The maximum absolute atomic E-state index is 13.2. The first-order chi connectivity index (χ1) is 12.6. The van der Waals surface area contributed by atoms with E-state index in [9.17, 15) is 9.90 Å². The largest absolute Gasteiger partial charge is 0.387 e. The Labute approximate surface area is 155 Å². The third-order valence-corrected chi connectivity index (χ3v) is 6.25. The quantitative estimate of drug-likeness (QED) is 0.888. The van der Waals surface area contributed by atoms with Gasteiger partial charge in [-0.2, -0.15) is 0 Å². The number of aryl methyl sites for hydroxylation is 1. The monoisotopic (exact) mass is 352 g/mol. The molecular weight excluding hydrogens is 324 g/mol. The Morgan fingerprint density at radius 1 is 1.31 bits per heavy atom. The van der Waals surface area contributed by atoms with Gasteiger partial charge in [-0.15, -0.1) is 0 Å². The molecule has 2 heterocycles. The van der Waals surface area contributed by atoms with Crippen molar-refractivity contribution in [1.82, 2.24) is 9.88 Å². The molecule has 4 nitrogen and oxygen atoms in total. The highest BCUT2D eigenvalue weighted by molar-refractivity contribution is 6.02. The molecule has 138 valence electrons. The number of carbonyl (C=O) groups is 1. The molecule has 1 aliphatic heterocycles. The third-order valence-electron chi connectivity index (χ3n) is 6.25. The number of Topliss-reactive ketones (excluding diaryl/α,β-unsaturated/α-hetero) is 1. The highest BCUT2D eigenvalue weighted by Gasteiger charge is 2.41. The molecule has 26 heavy (non-hydrogen) atoms. The lowest BCUT2D eigenvalue weighted by atomic mass is 9.72. The van der Waals surface area contributed by atoms with Gasteiger partial charge >= 0.3 is 0 Å². The van der Waals surface area contributed by atoms with Crippen molar-refractivity contribution < 1.29 is 9.90 Å². The van der Waals surface area contributed by atoms with E-state index in [-0.39, 0.29) is 5.92 Å². The van der Waals surface area contributed by atoms with Gasteiger partial charge in [0.05, 0.1) is 6.10 Å². The molecule has 2 aliphatic rings. The van der Waals surface area contributed by atoms with Crippen LogP contribution in [0, 0.1) is 18.8 Å². The summed E-state index contributed by atoms with van der Waals surface area (Å²) in [4.78, 5) is 19.0. The van der Waals surface area contributed by atoms with Gasteiger partial charge in [-0.05, 0) is 49.8 Å². The van der Waals surface area contributed by atoms with Gasteiger partial charge in [0, 0.05) is 36.0 Å². The second-order valence-corrected chi connectivity index (χ2v) is 7.85. The first-order valence-corrected chi connectivity index (χ1v) is 9.78. The number of aliphatic hydroxyl groups is 1. The number of likely N-dealkylation sites (tertiary alicyclic amines) is 1. The lowest BCUT2D eigenvalue weighted by Crippen LogP contribution is -2.47. The molecule has 1 aromatic heterocycles. The normalized spacial score (nSPS) is 24.2. The van der Waals surface area contributed by atoms with Gasteiger partial charge in [0.2, 0.25) is 0 Å². The summed E-state index contributed by atoms with van der Waals surface area (Å²) in [6.07, 6.45) is 2.41. The predicted molar refractivity (Wildman–Crippen MR) is 102 cm³/mol. The van der Waals surface area contributed by atoms with Crippen molar-refractivity contribution in [3.05, 3.63) is 58.4 Å². The molecule has 2 aromatic rings. The zero-order valence-corrected chi connectivity index (χ0v) is 15.7. The van der Waals surface area contributed by atoms with Gasteiger partial charge in [-0.1, -0.05) is 37.3 Å².